The van der Waals surface area contributed by atoms with E-state index in [1.54, 1.807) is 0 Å². The Labute approximate surface area is 154 Å². The first kappa shape index (κ1) is 18.6. The Balaban J connectivity index is 1.71. The highest BCUT2D eigenvalue weighted by Gasteiger charge is 2.27. The van der Waals surface area contributed by atoms with Gasteiger partial charge in [0.1, 0.15) is 0 Å². The lowest BCUT2D eigenvalue weighted by Crippen LogP contribution is -2.25. The first-order chi connectivity index (χ1) is 12.5. The van der Waals surface area contributed by atoms with Gasteiger partial charge in [-0.15, -0.1) is 0 Å². The maximum absolute atomic E-state index is 12.5. The van der Waals surface area contributed by atoms with Gasteiger partial charge >= 0.3 is 0 Å². The van der Waals surface area contributed by atoms with Gasteiger partial charge in [0.25, 0.3) is 5.91 Å². The second-order valence-corrected chi connectivity index (χ2v) is 8.03. The van der Waals surface area contributed by atoms with Crippen LogP contribution in [0.25, 0.3) is 0 Å². The van der Waals surface area contributed by atoms with Gasteiger partial charge in [0.05, 0.1) is 4.90 Å². The summed E-state index contributed by atoms with van der Waals surface area (Å²) >= 11 is 0. The van der Waals surface area contributed by atoms with Gasteiger partial charge in [-0.1, -0.05) is 25.1 Å². The third-order valence-electron chi connectivity index (χ3n) is 4.16. The van der Waals surface area contributed by atoms with E-state index in [1.165, 1.54) is 24.3 Å². The highest BCUT2D eigenvalue weighted by molar-refractivity contribution is 7.89. The van der Waals surface area contributed by atoms with Crippen LogP contribution in [0.2, 0.25) is 0 Å². The Morgan fingerprint density at radius 2 is 1.77 bits per heavy atom. The average Bonchev–Trinajstić information content (AvgIpc) is 3.44. The van der Waals surface area contributed by atoms with Gasteiger partial charge in [-0.2, -0.15) is 0 Å². The molecule has 26 heavy (non-hydrogen) atoms. The number of amides is 1. The molecule has 0 bridgehead atoms. The van der Waals surface area contributed by atoms with Crippen molar-refractivity contribution in [2.24, 2.45) is 0 Å². The minimum atomic E-state index is -3.51. The van der Waals surface area contributed by atoms with Crippen LogP contribution in [0.5, 0.6) is 0 Å². The fraction of sp³-hybridized carbons (Fsp3) is 0.316. The molecule has 1 amide bonds. The minimum Gasteiger partial charge on any atom is -0.322 e. The minimum absolute atomic E-state index is 0.0520. The summed E-state index contributed by atoms with van der Waals surface area (Å²) in [6.07, 6.45) is 1.76. The Hall–Kier alpha value is -2.22. The van der Waals surface area contributed by atoms with E-state index in [9.17, 15) is 13.2 Å². The maximum atomic E-state index is 12.5. The molecule has 7 heteroatoms. The van der Waals surface area contributed by atoms with E-state index in [0.29, 0.717) is 12.1 Å². The molecule has 2 aromatic rings. The van der Waals surface area contributed by atoms with Crippen molar-refractivity contribution in [1.82, 2.24) is 10.0 Å². The number of hydrogen-bond acceptors (Lipinski definition) is 4. The predicted molar refractivity (Wildman–Crippen MR) is 102 cm³/mol. The molecular weight excluding hydrogens is 350 g/mol. The lowest BCUT2D eigenvalue weighted by Gasteiger charge is -2.12. The number of para-hydroxylation sites is 1. The Morgan fingerprint density at radius 1 is 1.08 bits per heavy atom. The van der Waals surface area contributed by atoms with Crippen molar-refractivity contribution >= 4 is 21.6 Å². The zero-order valence-corrected chi connectivity index (χ0v) is 15.5. The van der Waals surface area contributed by atoms with Crippen LogP contribution in [0.3, 0.4) is 0 Å². The fourth-order valence-corrected chi connectivity index (χ4v) is 3.83. The van der Waals surface area contributed by atoms with Gasteiger partial charge in [0.2, 0.25) is 10.0 Å². The molecule has 0 aliphatic heterocycles. The molecular formula is C19H23N3O3S. The fourth-order valence-electron chi connectivity index (χ4n) is 2.52. The average molecular weight is 373 g/mol. The molecule has 0 unspecified atom stereocenters. The molecule has 1 fully saturated rings. The van der Waals surface area contributed by atoms with Crippen molar-refractivity contribution in [2.75, 3.05) is 11.9 Å². The van der Waals surface area contributed by atoms with Gasteiger partial charge in [0, 0.05) is 23.8 Å². The van der Waals surface area contributed by atoms with Crippen LogP contribution in [0, 0.1) is 0 Å². The van der Waals surface area contributed by atoms with Gasteiger partial charge in [0.15, 0.2) is 0 Å². The third kappa shape index (κ3) is 4.69. The molecule has 0 atom stereocenters. The molecule has 3 N–H and O–H groups in total. The lowest BCUT2D eigenvalue weighted by atomic mass is 10.1. The number of carbonyl (C=O) groups excluding carboxylic acids is 1. The molecule has 0 spiro atoms. The highest BCUT2D eigenvalue weighted by atomic mass is 32.2. The van der Waals surface area contributed by atoms with Crippen LogP contribution in [0.15, 0.2) is 53.4 Å². The molecule has 0 aromatic heterocycles. The Bertz CT molecular complexity index is 875. The summed E-state index contributed by atoms with van der Waals surface area (Å²) in [7, 11) is -3.51. The smallest absolute Gasteiger partial charge is 0.255 e. The monoisotopic (exact) mass is 373 g/mol. The number of rotatable bonds is 8. The van der Waals surface area contributed by atoms with E-state index in [2.05, 4.69) is 15.4 Å². The number of benzene rings is 2. The number of nitrogens with one attached hydrogen (secondary N) is 3. The number of hydrogen-bond donors (Lipinski definition) is 3. The van der Waals surface area contributed by atoms with Crippen molar-refractivity contribution in [3.05, 3.63) is 59.7 Å². The topological polar surface area (TPSA) is 87.3 Å². The summed E-state index contributed by atoms with van der Waals surface area (Å²) in [5.74, 6) is -0.270. The summed E-state index contributed by atoms with van der Waals surface area (Å²) < 4.78 is 27.0. The zero-order valence-electron chi connectivity index (χ0n) is 14.7. The molecule has 3 rings (SSSR count). The second-order valence-electron chi connectivity index (χ2n) is 6.31. The van der Waals surface area contributed by atoms with E-state index in [-0.39, 0.29) is 16.8 Å². The van der Waals surface area contributed by atoms with Gasteiger partial charge in [-0.3, -0.25) is 4.79 Å². The number of sulfonamides is 1. The predicted octanol–water partition coefficient (Wildman–Crippen LogP) is 2.49. The van der Waals surface area contributed by atoms with Crippen LogP contribution in [0.1, 0.15) is 35.7 Å². The SMILES string of the molecule is CCNCc1ccccc1NC(=O)c1ccc(S(=O)(=O)NC2CC2)cc1. The van der Waals surface area contributed by atoms with Crippen molar-refractivity contribution in [2.45, 2.75) is 37.2 Å². The zero-order chi connectivity index (χ0) is 18.6. The lowest BCUT2D eigenvalue weighted by molar-refractivity contribution is 0.102. The summed E-state index contributed by atoms with van der Waals surface area (Å²) in [5, 5.41) is 6.13. The normalized spacial score (nSPS) is 14.2. The quantitative estimate of drug-likeness (QED) is 0.663. The van der Waals surface area contributed by atoms with Crippen LogP contribution < -0.4 is 15.4 Å². The number of anilines is 1. The molecule has 1 aliphatic rings. The summed E-state index contributed by atoms with van der Waals surface area (Å²) in [5.41, 5.74) is 2.15. The third-order valence-corrected chi connectivity index (χ3v) is 5.69. The summed E-state index contributed by atoms with van der Waals surface area (Å²) in [6, 6.07) is 13.6. The van der Waals surface area contributed by atoms with Crippen LogP contribution in [0.4, 0.5) is 5.69 Å². The van der Waals surface area contributed by atoms with Gasteiger partial charge in [-0.05, 0) is 55.3 Å². The van der Waals surface area contributed by atoms with E-state index in [1.807, 2.05) is 31.2 Å². The van der Waals surface area contributed by atoms with E-state index >= 15 is 0 Å². The van der Waals surface area contributed by atoms with Crippen LogP contribution in [-0.4, -0.2) is 26.9 Å². The van der Waals surface area contributed by atoms with Crippen molar-refractivity contribution in [1.29, 1.82) is 0 Å². The first-order valence-electron chi connectivity index (χ1n) is 8.72. The van der Waals surface area contributed by atoms with E-state index in [0.717, 1.165) is 30.6 Å². The van der Waals surface area contributed by atoms with E-state index < -0.39 is 10.0 Å². The van der Waals surface area contributed by atoms with Gasteiger partial charge in [-0.25, -0.2) is 13.1 Å². The number of carbonyl (C=O) groups is 1. The molecule has 0 radical (unpaired) electrons. The summed E-state index contributed by atoms with van der Waals surface area (Å²) in [4.78, 5) is 12.7. The molecule has 0 saturated heterocycles. The van der Waals surface area contributed by atoms with Crippen molar-refractivity contribution < 1.29 is 13.2 Å². The second kappa shape index (κ2) is 7.99. The van der Waals surface area contributed by atoms with Crippen molar-refractivity contribution in [3.63, 3.8) is 0 Å². The molecule has 138 valence electrons. The molecule has 0 heterocycles. The molecule has 6 nitrogen and oxygen atoms in total. The van der Waals surface area contributed by atoms with Crippen LogP contribution >= 0.6 is 0 Å². The molecule has 2 aromatic carbocycles. The highest BCUT2D eigenvalue weighted by Crippen LogP contribution is 2.22. The standard InChI is InChI=1S/C19H23N3O3S/c1-2-20-13-15-5-3-4-6-18(15)21-19(23)14-7-11-17(12-8-14)26(24,25)22-16-9-10-16/h3-8,11-12,16,20,22H,2,9-10,13H2,1H3,(H,21,23). The largest absolute Gasteiger partial charge is 0.322 e. The first-order valence-corrected chi connectivity index (χ1v) is 10.2. The Kier molecular flexibility index (Phi) is 5.70. The van der Waals surface area contributed by atoms with E-state index in [4.69, 9.17) is 0 Å². The van der Waals surface area contributed by atoms with Crippen LogP contribution in [-0.2, 0) is 16.6 Å². The summed E-state index contributed by atoms with van der Waals surface area (Å²) in [6.45, 7) is 3.53. The maximum Gasteiger partial charge on any atom is 0.255 e. The molecule has 1 aliphatic carbocycles. The Morgan fingerprint density at radius 3 is 2.42 bits per heavy atom. The molecule has 1 saturated carbocycles. The van der Waals surface area contributed by atoms with Gasteiger partial charge < -0.3 is 10.6 Å². The van der Waals surface area contributed by atoms with Crippen molar-refractivity contribution in [3.8, 4) is 0 Å².